The van der Waals surface area contributed by atoms with E-state index < -0.39 is 0 Å². The number of allylic oxidation sites excluding steroid dienone is 8. The van der Waals surface area contributed by atoms with Gasteiger partial charge in [-0.25, -0.2) is 0 Å². The standard InChI is InChI=1S/C45H76N4/c1-4-35(31-47)17-15-20-40(32-48)37-23-25-38(26-24-37)42(5-2)43-21-12-13-22-44(43)45(34(3)16-9-7-6-8-14-29-46)33-49-41-28-27-36-18-10-11-19-39(36)30-41/h8-9,14-17,23,25,27-28,34-36,39-45,49H,4-7,10-13,18-22,24,26,29-33,46-48H2,1-3H3/b14-8-,16-9-,17-15+/t34?,35-,36+,39?,40?,41?,42?,43?,44?,45?/m0/s1. The van der Waals surface area contributed by atoms with Crippen molar-refractivity contribution in [3.63, 3.8) is 0 Å². The first-order valence-corrected chi connectivity index (χ1v) is 20.9. The van der Waals surface area contributed by atoms with E-state index >= 15 is 0 Å². The zero-order valence-electron chi connectivity index (χ0n) is 31.9. The number of fused-ring (bicyclic) bond motifs is 1. The molecule has 4 rings (SSSR count). The molecular formula is C45H76N4. The summed E-state index contributed by atoms with van der Waals surface area (Å²) in [6, 6.07) is 0.543. The highest BCUT2D eigenvalue weighted by Crippen LogP contribution is 2.47. The van der Waals surface area contributed by atoms with Crippen molar-refractivity contribution in [3.05, 3.63) is 71.9 Å². The predicted molar refractivity (Wildman–Crippen MR) is 214 cm³/mol. The summed E-state index contributed by atoms with van der Waals surface area (Å²) in [5, 5.41) is 4.17. The molecule has 0 aromatic rings. The van der Waals surface area contributed by atoms with E-state index in [1.165, 1.54) is 77.0 Å². The minimum absolute atomic E-state index is 0.443. The van der Waals surface area contributed by atoms with Gasteiger partial charge in [-0.3, -0.25) is 0 Å². The number of hydrogen-bond donors (Lipinski definition) is 4. The summed E-state index contributed by atoms with van der Waals surface area (Å²) in [6.07, 6.45) is 44.7. The maximum atomic E-state index is 6.34. The van der Waals surface area contributed by atoms with Crippen molar-refractivity contribution in [2.45, 2.75) is 130 Å². The largest absolute Gasteiger partial charge is 0.330 e. The van der Waals surface area contributed by atoms with E-state index in [0.29, 0.717) is 42.2 Å². The van der Waals surface area contributed by atoms with Gasteiger partial charge in [0, 0.05) is 12.6 Å². The van der Waals surface area contributed by atoms with Crippen LogP contribution >= 0.6 is 0 Å². The van der Waals surface area contributed by atoms with Crippen LogP contribution in [-0.2, 0) is 0 Å². The molecule has 4 aliphatic carbocycles. The first-order valence-electron chi connectivity index (χ1n) is 20.9. The van der Waals surface area contributed by atoms with Crippen LogP contribution in [-0.4, -0.2) is 32.2 Å². The van der Waals surface area contributed by atoms with Crippen molar-refractivity contribution in [2.75, 3.05) is 26.2 Å². The molecule has 2 fully saturated rings. The van der Waals surface area contributed by atoms with E-state index in [1.54, 1.807) is 11.1 Å². The van der Waals surface area contributed by atoms with Crippen LogP contribution in [0, 0.1) is 53.3 Å². The average molecular weight is 673 g/mol. The topological polar surface area (TPSA) is 90.1 Å². The molecule has 2 saturated carbocycles. The second-order valence-corrected chi connectivity index (χ2v) is 16.2. The highest BCUT2D eigenvalue weighted by molar-refractivity contribution is 5.28. The first kappa shape index (κ1) is 40.1. The second-order valence-electron chi connectivity index (χ2n) is 16.2. The third-order valence-electron chi connectivity index (χ3n) is 13.2. The van der Waals surface area contributed by atoms with E-state index in [9.17, 15) is 0 Å². The second kappa shape index (κ2) is 22.3. The van der Waals surface area contributed by atoms with Crippen LogP contribution < -0.4 is 22.5 Å². The Hall–Kier alpha value is -1.72. The third-order valence-corrected chi connectivity index (χ3v) is 13.2. The summed E-state index contributed by atoms with van der Waals surface area (Å²) in [5.74, 6) is 6.12. The summed E-state index contributed by atoms with van der Waals surface area (Å²) < 4.78 is 0. The van der Waals surface area contributed by atoms with E-state index in [1.807, 2.05) is 0 Å². The molecule has 0 radical (unpaired) electrons. The Morgan fingerprint density at radius 1 is 0.776 bits per heavy atom. The minimum Gasteiger partial charge on any atom is -0.330 e. The third kappa shape index (κ3) is 12.2. The molecular weight excluding hydrogens is 597 g/mol. The van der Waals surface area contributed by atoms with Gasteiger partial charge < -0.3 is 22.5 Å². The fourth-order valence-corrected chi connectivity index (χ4v) is 10.1. The van der Waals surface area contributed by atoms with Crippen LogP contribution in [0.2, 0.25) is 0 Å². The number of rotatable bonds is 20. The molecule has 8 unspecified atom stereocenters. The van der Waals surface area contributed by atoms with Gasteiger partial charge in [-0.05, 0) is 150 Å². The first-order chi connectivity index (χ1) is 24.0. The van der Waals surface area contributed by atoms with Crippen molar-refractivity contribution in [1.29, 1.82) is 0 Å². The molecule has 4 heteroatoms. The Labute approximate surface area is 302 Å². The highest BCUT2D eigenvalue weighted by atomic mass is 14.9. The van der Waals surface area contributed by atoms with Crippen LogP contribution in [0.15, 0.2) is 71.9 Å². The molecule has 49 heavy (non-hydrogen) atoms. The zero-order chi connectivity index (χ0) is 34.8. The van der Waals surface area contributed by atoms with E-state index in [2.05, 4.69) is 86.8 Å². The summed E-state index contributed by atoms with van der Waals surface area (Å²) in [7, 11) is 0. The van der Waals surface area contributed by atoms with Crippen molar-refractivity contribution in [1.82, 2.24) is 5.32 Å². The van der Waals surface area contributed by atoms with E-state index in [0.717, 1.165) is 69.0 Å². The number of nitrogens with one attached hydrogen (secondary N) is 1. The fraction of sp³-hybridized carbons (Fsp3) is 0.733. The van der Waals surface area contributed by atoms with Crippen molar-refractivity contribution in [3.8, 4) is 0 Å². The molecule has 0 aromatic heterocycles. The van der Waals surface area contributed by atoms with Gasteiger partial charge in [0.1, 0.15) is 0 Å². The van der Waals surface area contributed by atoms with Crippen LogP contribution in [0.25, 0.3) is 0 Å². The average Bonchev–Trinajstić information content (AvgIpc) is 3.14. The summed E-state index contributed by atoms with van der Waals surface area (Å²) in [5.41, 5.74) is 21.2. The monoisotopic (exact) mass is 673 g/mol. The Morgan fingerprint density at radius 2 is 1.51 bits per heavy atom. The molecule has 0 bridgehead atoms. The number of nitrogens with two attached hydrogens (primary N) is 3. The van der Waals surface area contributed by atoms with Gasteiger partial charge in [-0.15, -0.1) is 0 Å². The van der Waals surface area contributed by atoms with Gasteiger partial charge in [0.25, 0.3) is 0 Å². The fourth-order valence-electron chi connectivity index (χ4n) is 10.1. The maximum absolute atomic E-state index is 6.34. The van der Waals surface area contributed by atoms with E-state index in [-0.39, 0.29) is 0 Å². The summed E-state index contributed by atoms with van der Waals surface area (Å²) >= 11 is 0. The van der Waals surface area contributed by atoms with Gasteiger partial charge >= 0.3 is 0 Å². The van der Waals surface area contributed by atoms with Crippen LogP contribution in [0.5, 0.6) is 0 Å². The molecule has 276 valence electrons. The minimum atomic E-state index is 0.443. The van der Waals surface area contributed by atoms with Gasteiger partial charge in [0.05, 0.1) is 0 Å². The predicted octanol–water partition coefficient (Wildman–Crippen LogP) is 9.80. The van der Waals surface area contributed by atoms with Crippen LogP contribution in [0.3, 0.4) is 0 Å². The molecule has 0 heterocycles. The van der Waals surface area contributed by atoms with Gasteiger partial charge in [0.15, 0.2) is 0 Å². The van der Waals surface area contributed by atoms with Crippen molar-refractivity contribution < 1.29 is 0 Å². The normalized spacial score (nSPS) is 29.5. The molecule has 0 aromatic carbocycles. The molecule has 10 atom stereocenters. The van der Waals surface area contributed by atoms with Gasteiger partial charge in [0.2, 0.25) is 0 Å². The van der Waals surface area contributed by atoms with Crippen molar-refractivity contribution >= 4 is 0 Å². The zero-order valence-corrected chi connectivity index (χ0v) is 31.9. The van der Waals surface area contributed by atoms with Crippen LogP contribution in [0.4, 0.5) is 0 Å². The summed E-state index contributed by atoms with van der Waals surface area (Å²) in [4.78, 5) is 0. The molecule has 0 aliphatic heterocycles. The molecule has 4 nitrogen and oxygen atoms in total. The Kier molecular flexibility index (Phi) is 18.2. The molecule has 0 amide bonds. The smallest absolute Gasteiger partial charge is 0.0253 e. The lowest BCUT2D eigenvalue weighted by Crippen LogP contribution is -2.43. The molecule has 0 saturated heterocycles. The lowest BCUT2D eigenvalue weighted by atomic mass is 9.62. The Balaban J connectivity index is 1.49. The van der Waals surface area contributed by atoms with Crippen LogP contribution in [0.1, 0.15) is 124 Å². The summed E-state index contributed by atoms with van der Waals surface area (Å²) in [6.45, 7) is 10.4. The lowest BCUT2D eigenvalue weighted by molar-refractivity contribution is 0.0937. The van der Waals surface area contributed by atoms with E-state index in [4.69, 9.17) is 17.2 Å². The molecule has 0 spiro atoms. The maximum Gasteiger partial charge on any atom is 0.0253 e. The SMILES string of the molecule is CCC(C1=CC=C(C(CN)C/C=C/[C@H](CC)CN)CC1)C1CCCCC1C(CNC1C=C[C@H]2CCCCC2C1)C(C)/C=C\CC/C=C\CN. The quantitative estimate of drug-likeness (QED) is 0.0766. The molecule has 4 aliphatic rings. The number of hydrogen-bond acceptors (Lipinski definition) is 4. The molecule has 7 N–H and O–H groups in total. The highest BCUT2D eigenvalue weighted by Gasteiger charge is 2.39. The van der Waals surface area contributed by atoms with Crippen molar-refractivity contribution in [2.24, 2.45) is 70.5 Å². The Bertz CT molecular complexity index is 1110. The van der Waals surface area contributed by atoms with Gasteiger partial charge in [-0.2, -0.15) is 0 Å². The number of unbranched alkanes of at least 4 members (excludes halogenated alkanes) is 1. The lowest BCUT2D eigenvalue weighted by Gasteiger charge is -2.45. The van der Waals surface area contributed by atoms with Gasteiger partial charge in [-0.1, -0.05) is 118 Å². The Morgan fingerprint density at radius 3 is 2.22 bits per heavy atom.